The maximum absolute atomic E-state index is 12.8. The number of carboxylic acids is 1. The van der Waals surface area contributed by atoms with E-state index in [9.17, 15) is 14.0 Å². The fraction of sp³-hybridized carbons (Fsp3) is 0.500. The van der Waals surface area contributed by atoms with Gasteiger partial charge in [-0.15, -0.1) is 0 Å². The number of carboxylic acid groups (broad SMARTS) is 1. The highest BCUT2D eigenvalue weighted by Crippen LogP contribution is 2.32. The summed E-state index contributed by atoms with van der Waals surface area (Å²) in [4.78, 5) is 23.3. The predicted octanol–water partition coefficient (Wildman–Crippen LogP) is 2.50. The summed E-state index contributed by atoms with van der Waals surface area (Å²) < 4.78 is 18.3. The van der Waals surface area contributed by atoms with Crippen LogP contribution in [0.2, 0.25) is 0 Å². The van der Waals surface area contributed by atoms with Crippen molar-refractivity contribution in [1.82, 2.24) is 5.32 Å². The molecule has 0 heterocycles. The number of nitrogens with one attached hydrogen (secondary N) is 1. The van der Waals surface area contributed by atoms with E-state index in [2.05, 4.69) is 5.32 Å². The van der Waals surface area contributed by atoms with E-state index in [0.29, 0.717) is 18.6 Å². The van der Waals surface area contributed by atoms with Gasteiger partial charge in [-0.25, -0.2) is 4.39 Å². The highest BCUT2D eigenvalue weighted by Gasteiger charge is 2.38. The summed E-state index contributed by atoms with van der Waals surface area (Å²) in [7, 11) is 0. The number of benzene rings is 1. The largest absolute Gasteiger partial charge is 0.481 e. The topological polar surface area (TPSA) is 75.6 Å². The second kappa shape index (κ2) is 6.77. The molecule has 2 rings (SSSR count). The third kappa shape index (κ3) is 4.19. The van der Waals surface area contributed by atoms with E-state index in [1.807, 2.05) is 0 Å². The van der Waals surface area contributed by atoms with Crippen molar-refractivity contribution in [2.24, 2.45) is 0 Å². The molecule has 0 radical (unpaired) electrons. The molecule has 1 amide bonds. The molecule has 2 N–H and O–H groups in total. The van der Waals surface area contributed by atoms with Crippen LogP contribution in [0.5, 0.6) is 5.75 Å². The molecule has 1 unspecified atom stereocenters. The van der Waals surface area contributed by atoms with Gasteiger partial charge in [-0.05, 0) is 44.0 Å². The summed E-state index contributed by atoms with van der Waals surface area (Å²) in [5.41, 5.74) is -0.677. The Bertz CT molecular complexity index is 538. The van der Waals surface area contributed by atoms with Crippen LogP contribution in [-0.4, -0.2) is 28.6 Å². The first-order chi connectivity index (χ1) is 10.4. The van der Waals surface area contributed by atoms with Crippen molar-refractivity contribution in [3.05, 3.63) is 30.1 Å². The van der Waals surface area contributed by atoms with Crippen molar-refractivity contribution in [3.8, 4) is 5.75 Å². The summed E-state index contributed by atoms with van der Waals surface area (Å²) >= 11 is 0. The average molecular weight is 309 g/mol. The molecular weight excluding hydrogens is 289 g/mol. The smallest absolute Gasteiger partial charge is 0.305 e. The van der Waals surface area contributed by atoms with Gasteiger partial charge >= 0.3 is 5.97 Å². The van der Waals surface area contributed by atoms with Crippen LogP contribution in [0.25, 0.3) is 0 Å². The van der Waals surface area contributed by atoms with Crippen molar-refractivity contribution in [3.63, 3.8) is 0 Å². The molecule has 0 aliphatic heterocycles. The molecule has 0 aromatic heterocycles. The molecule has 1 atom stereocenters. The van der Waals surface area contributed by atoms with Gasteiger partial charge in [0.25, 0.3) is 5.91 Å². The summed E-state index contributed by atoms with van der Waals surface area (Å²) in [6, 6.07) is 5.40. The standard InChI is InChI=1S/C16H20FNO4/c1-11(22-13-6-4-12(17)5-7-13)15(21)18-16(10-14(19)20)8-2-3-9-16/h4-7,11H,2-3,8-10H2,1H3,(H,18,21)(H,19,20). The van der Waals surface area contributed by atoms with Crippen molar-refractivity contribution < 1.29 is 23.8 Å². The van der Waals surface area contributed by atoms with Crippen molar-refractivity contribution >= 4 is 11.9 Å². The van der Waals surface area contributed by atoms with Crippen LogP contribution in [0.1, 0.15) is 39.0 Å². The van der Waals surface area contributed by atoms with Gasteiger partial charge in [0.15, 0.2) is 6.10 Å². The second-order valence-corrected chi connectivity index (χ2v) is 5.76. The average Bonchev–Trinajstić information content (AvgIpc) is 2.88. The molecule has 0 bridgehead atoms. The number of rotatable bonds is 6. The van der Waals surface area contributed by atoms with Crippen LogP contribution in [-0.2, 0) is 9.59 Å². The van der Waals surface area contributed by atoms with Crippen molar-refractivity contribution in [1.29, 1.82) is 0 Å². The molecule has 0 saturated heterocycles. The molecule has 1 aliphatic carbocycles. The van der Waals surface area contributed by atoms with Gasteiger partial charge in [0.1, 0.15) is 11.6 Å². The summed E-state index contributed by atoms with van der Waals surface area (Å²) in [5, 5.41) is 11.9. The quantitative estimate of drug-likeness (QED) is 0.846. The van der Waals surface area contributed by atoms with Crippen molar-refractivity contribution in [2.45, 2.75) is 50.7 Å². The zero-order valence-corrected chi connectivity index (χ0v) is 12.5. The molecule has 1 aromatic carbocycles. The molecule has 22 heavy (non-hydrogen) atoms. The maximum Gasteiger partial charge on any atom is 0.305 e. The molecule has 120 valence electrons. The van der Waals surface area contributed by atoms with E-state index < -0.39 is 17.6 Å². The monoisotopic (exact) mass is 309 g/mol. The van der Waals surface area contributed by atoms with Gasteiger partial charge in [-0.3, -0.25) is 9.59 Å². The summed E-state index contributed by atoms with van der Waals surface area (Å²) in [5.74, 6) is -1.26. The van der Waals surface area contributed by atoms with Crippen LogP contribution in [0.15, 0.2) is 24.3 Å². The first kappa shape index (κ1) is 16.3. The number of carbonyl (C=O) groups excluding carboxylic acids is 1. The zero-order chi connectivity index (χ0) is 16.2. The predicted molar refractivity (Wildman–Crippen MR) is 78.1 cm³/mol. The Balaban J connectivity index is 1.97. The lowest BCUT2D eigenvalue weighted by molar-refractivity contribution is -0.139. The number of ether oxygens (including phenoxy) is 1. The zero-order valence-electron chi connectivity index (χ0n) is 12.5. The van der Waals surface area contributed by atoms with Crippen LogP contribution in [0.4, 0.5) is 4.39 Å². The number of hydrogen-bond donors (Lipinski definition) is 2. The Morgan fingerprint density at radius 2 is 1.91 bits per heavy atom. The van der Waals surface area contributed by atoms with Crippen LogP contribution in [0, 0.1) is 5.82 Å². The molecule has 1 saturated carbocycles. The number of amides is 1. The lowest BCUT2D eigenvalue weighted by Gasteiger charge is -2.30. The van der Waals surface area contributed by atoms with Gasteiger partial charge in [-0.2, -0.15) is 0 Å². The normalized spacial score (nSPS) is 17.7. The van der Waals surface area contributed by atoms with Crippen LogP contribution in [0.3, 0.4) is 0 Å². The number of halogens is 1. The molecule has 1 fully saturated rings. The fourth-order valence-electron chi connectivity index (χ4n) is 2.82. The third-order valence-corrected chi connectivity index (χ3v) is 3.93. The van der Waals surface area contributed by atoms with E-state index in [1.54, 1.807) is 6.92 Å². The highest BCUT2D eigenvalue weighted by atomic mass is 19.1. The molecule has 6 heteroatoms. The highest BCUT2D eigenvalue weighted by molar-refractivity contribution is 5.82. The van der Waals surface area contributed by atoms with Gasteiger partial charge in [-0.1, -0.05) is 12.8 Å². The maximum atomic E-state index is 12.8. The van der Waals surface area contributed by atoms with Crippen LogP contribution < -0.4 is 10.1 Å². The lowest BCUT2D eigenvalue weighted by Crippen LogP contribution is -2.51. The second-order valence-electron chi connectivity index (χ2n) is 5.76. The van der Waals surface area contributed by atoms with Gasteiger partial charge in [0.2, 0.25) is 0 Å². The van der Waals surface area contributed by atoms with E-state index in [1.165, 1.54) is 24.3 Å². The Kier molecular flexibility index (Phi) is 5.00. The minimum atomic E-state index is -0.922. The van der Waals surface area contributed by atoms with E-state index in [-0.39, 0.29) is 18.1 Å². The Labute approximate surface area is 128 Å². The van der Waals surface area contributed by atoms with Crippen molar-refractivity contribution in [2.75, 3.05) is 0 Å². The molecule has 0 spiro atoms. The summed E-state index contributed by atoms with van der Waals surface area (Å²) in [6.45, 7) is 1.59. The number of aliphatic carboxylic acids is 1. The van der Waals surface area contributed by atoms with E-state index >= 15 is 0 Å². The first-order valence-electron chi connectivity index (χ1n) is 7.36. The number of hydrogen-bond acceptors (Lipinski definition) is 3. The molecule has 1 aliphatic rings. The SMILES string of the molecule is CC(Oc1ccc(F)cc1)C(=O)NC1(CC(=O)O)CCCC1. The fourth-order valence-corrected chi connectivity index (χ4v) is 2.82. The van der Waals surface area contributed by atoms with Gasteiger partial charge < -0.3 is 15.2 Å². The van der Waals surface area contributed by atoms with E-state index in [0.717, 1.165) is 12.8 Å². The lowest BCUT2D eigenvalue weighted by atomic mass is 9.93. The Morgan fingerprint density at radius 1 is 1.32 bits per heavy atom. The first-order valence-corrected chi connectivity index (χ1v) is 7.36. The van der Waals surface area contributed by atoms with Gasteiger partial charge in [0, 0.05) is 0 Å². The minimum absolute atomic E-state index is 0.0813. The molecule has 1 aromatic rings. The Hall–Kier alpha value is -2.11. The van der Waals surface area contributed by atoms with Crippen LogP contribution >= 0.6 is 0 Å². The van der Waals surface area contributed by atoms with E-state index in [4.69, 9.17) is 9.84 Å². The minimum Gasteiger partial charge on any atom is -0.481 e. The number of carbonyl (C=O) groups is 2. The third-order valence-electron chi connectivity index (χ3n) is 3.93. The van der Waals surface area contributed by atoms with Gasteiger partial charge in [0.05, 0.1) is 12.0 Å². The Morgan fingerprint density at radius 3 is 2.45 bits per heavy atom. The summed E-state index contributed by atoms with van der Waals surface area (Å²) in [6.07, 6.45) is 2.27. The molecule has 5 nitrogen and oxygen atoms in total. The molecular formula is C16H20FNO4.